The lowest BCUT2D eigenvalue weighted by atomic mass is 10.3. The first-order valence-corrected chi connectivity index (χ1v) is 4.15. The van der Waals surface area contributed by atoms with Crippen molar-refractivity contribution in [3.8, 4) is 0 Å². The number of nitrogens with one attached hydrogen (secondary N) is 1. The number of rotatable bonds is 0. The Morgan fingerprint density at radius 1 is 1.62 bits per heavy atom. The molecule has 0 aliphatic carbocycles. The summed E-state index contributed by atoms with van der Waals surface area (Å²) in [5.41, 5.74) is 1.07. The Labute approximate surface area is 75.5 Å². The third-order valence-corrected chi connectivity index (χ3v) is 2.19. The molecule has 0 bridgehead atoms. The monoisotopic (exact) mass is 174 g/mol. The van der Waals surface area contributed by atoms with Crippen LogP contribution < -0.4 is 5.32 Å². The molecule has 3 rings (SSSR count). The fraction of sp³-hybridized carbons (Fsp3) is 0.222. The highest BCUT2D eigenvalue weighted by Crippen LogP contribution is 2.19. The van der Waals surface area contributed by atoms with Gasteiger partial charge in [-0.15, -0.1) is 0 Å². The van der Waals surface area contributed by atoms with Crippen LogP contribution in [0.25, 0.3) is 6.20 Å². The fourth-order valence-electron chi connectivity index (χ4n) is 1.52. The molecule has 4 nitrogen and oxygen atoms in total. The Morgan fingerprint density at radius 2 is 2.62 bits per heavy atom. The third kappa shape index (κ3) is 0.950. The second kappa shape index (κ2) is 2.39. The molecule has 0 aromatic carbocycles. The second-order valence-corrected chi connectivity index (χ2v) is 2.97. The molecule has 0 saturated heterocycles. The van der Waals surface area contributed by atoms with E-state index in [9.17, 15) is 0 Å². The molecule has 4 heteroatoms. The van der Waals surface area contributed by atoms with Crippen molar-refractivity contribution in [2.45, 2.75) is 6.42 Å². The van der Waals surface area contributed by atoms with Crippen LogP contribution in [0, 0.1) is 6.08 Å². The molecule has 2 aliphatic heterocycles. The van der Waals surface area contributed by atoms with Crippen molar-refractivity contribution in [3.63, 3.8) is 0 Å². The van der Waals surface area contributed by atoms with E-state index in [1.165, 1.54) is 0 Å². The van der Waals surface area contributed by atoms with Gasteiger partial charge in [-0.1, -0.05) is 0 Å². The molecule has 1 aromatic rings. The normalized spacial score (nSPS) is 18.8. The van der Waals surface area contributed by atoms with Gasteiger partial charge in [-0.2, -0.15) is 0 Å². The maximum atomic E-state index is 5.32. The van der Waals surface area contributed by atoms with E-state index < -0.39 is 0 Å². The molecule has 13 heavy (non-hydrogen) atoms. The smallest absolute Gasteiger partial charge is 0.159 e. The first kappa shape index (κ1) is 6.77. The zero-order valence-electron chi connectivity index (χ0n) is 6.95. The molecule has 0 unspecified atom stereocenters. The van der Waals surface area contributed by atoms with Crippen molar-refractivity contribution in [3.05, 3.63) is 35.8 Å². The average molecular weight is 174 g/mol. The highest BCUT2D eigenvalue weighted by atomic mass is 16.5. The molecule has 1 aromatic heterocycles. The van der Waals surface area contributed by atoms with Crippen molar-refractivity contribution in [1.82, 2.24) is 14.9 Å². The van der Waals surface area contributed by atoms with Crippen LogP contribution in [0.4, 0.5) is 0 Å². The van der Waals surface area contributed by atoms with Gasteiger partial charge in [0.15, 0.2) is 12.5 Å². The Kier molecular flexibility index (Phi) is 1.24. The summed E-state index contributed by atoms with van der Waals surface area (Å²) in [5.74, 6) is 1.82. The zero-order chi connectivity index (χ0) is 8.67. The molecule has 1 N–H and O–H groups in total. The first-order valence-electron chi connectivity index (χ1n) is 4.15. The topological polar surface area (TPSA) is 39.1 Å². The summed E-state index contributed by atoms with van der Waals surface area (Å²) in [6.45, 7) is 0.548. The first-order chi connectivity index (χ1) is 6.43. The highest BCUT2D eigenvalue weighted by molar-refractivity contribution is 5.36. The summed E-state index contributed by atoms with van der Waals surface area (Å²) in [5, 5.41) is 3.15. The van der Waals surface area contributed by atoms with Gasteiger partial charge in [0.25, 0.3) is 0 Å². The number of fused-ring (bicyclic) bond motifs is 1. The molecule has 0 amide bonds. The molecular weight excluding hydrogens is 166 g/mol. The van der Waals surface area contributed by atoms with Gasteiger partial charge < -0.3 is 14.6 Å². The van der Waals surface area contributed by atoms with E-state index in [0.29, 0.717) is 6.73 Å². The summed E-state index contributed by atoms with van der Waals surface area (Å²) in [6, 6.07) is 0. The van der Waals surface area contributed by atoms with E-state index in [-0.39, 0.29) is 0 Å². The Hall–Kier alpha value is -1.71. The fourth-order valence-corrected chi connectivity index (χ4v) is 1.52. The molecular formula is C9H8N3O. The molecule has 0 atom stereocenters. The van der Waals surface area contributed by atoms with E-state index in [1.54, 1.807) is 6.20 Å². The van der Waals surface area contributed by atoms with Crippen LogP contribution >= 0.6 is 0 Å². The van der Waals surface area contributed by atoms with E-state index >= 15 is 0 Å². The quantitative estimate of drug-likeness (QED) is 0.622. The van der Waals surface area contributed by atoms with Gasteiger partial charge in [-0.3, -0.25) is 0 Å². The van der Waals surface area contributed by atoms with Crippen molar-refractivity contribution in [1.29, 1.82) is 0 Å². The van der Waals surface area contributed by atoms with Crippen LogP contribution in [0.2, 0.25) is 0 Å². The lowest BCUT2D eigenvalue weighted by molar-refractivity contribution is 0.242. The van der Waals surface area contributed by atoms with Gasteiger partial charge in [0.2, 0.25) is 0 Å². The standard InChI is InChI=1S/C9H8N3O/c1-3-12-4-2-10-9(12)5-7-8(1)13-6-11-7/h2-4,11H,5-6H2. The predicted molar refractivity (Wildman–Crippen MR) is 46.0 cm³/mol. The minimum atomic E-state index is 0.548. The van der Waals surface area contributed by atoms with E-state index in [2.05, 4.69) is 16.4 Å². The minimum Gasteiger partial charge on any atom is -0.471 e. The molecule has 2 aliphatic rings. The number of nitrogens with zero attached hydrogens (tertiary/aromatic N) is 2. The number of aromatic nitrogens is 2. The van der Waals surface area contributed by atoms with Crippen LogP contribution in [-0.4, -0.2) is 16.3 Å². The molecule has 0 saturated carbocycles. The zero-order valence-corrected chi connectivity index (χ0v) is 6.95. The number of hydrogen-bond donors (Lipinski definition) is 1. The van der Waals surface area contributed by atoms with Crippen LogP contribution in [0.3, 0.4) is 0 Å². The van der Waals surface area contributed by atoms with Crippen LogP contribution in [0.15, 0.2) is 23.8 Å². The van der Waals surface area contributed by atoms with E-state index in [4.69, 9.17) is 4.74 Å². The van der Waals surface area contributed by atoms with Crippen LogP contribution in [0.5, 0.6) is 0 Å². The van der Waals surface area contributed by atoms with Gasteiger partial charge in [-0.05, 0) is 0 Å². The molecule has 1 radical (unpaired) electrons. The van der Waals surface area contributed by atoms with Gasteiger partial charge in [-0.25, -0.2) is 4.98 Å². The maximum Gasteiger partial charge on any atom is 0.159 e. The van der Waals surface area contributed by atoms with Crippen molar-refractivity contribution in [2.75, 3.05) is 6.73 Å². The van der Waals surface area contributed by atoms with Crippen molar-refractivity contribution >= 4 is 6.20 Å². The minimum absolute atomic E-state index is 0.548. The highest BCUT2D eigenvalue weighted by Gasteiger charge is 2.18. The average Bonchev–Trinajstić information content (AvgIpc) is 2.72. The van der Waals surface area contributed by atoms with Crippen LogP contribution in [0.1, 0.15) is 5.82 Å². The Morgan fingerprint density at radius 3 is 3.62 bits per heavy atom. The summed E-state index contributed by atoms with van der Waals surface area (Å²) in [6.07, 6.45) is 9.40. The summed E-state index contributed by atoms with van der Waals surface area (Å²) < 4.78 is 7.27. The lowest BCUT2D eigenvalue weighted by Gasteiger charge is -2.00. The van der Waals surface area contributed by atoms with Crippen molar-refractivity contribution < 1.29 is 4.74 Å². The number of imidazole rings is 1. The Bertz CT molecular complexity index is 403. The molecule has 0 spiro atoms. The van der Waals surface area contributed by atoms with Gasteiger partial charge in [0, 0.05) is 31.1 Å². The second-order valence-electron chi connectivity index (χ2n) is 2.97. The molecule has 3 heterocycles. The number of hydrogen-bond acceptors (Lipinski definition) is 3. The molecule has 0 fully saturated rings. The van der Waals surface area contributed by atoms with Gasteiger partial charge in [0.1, 0.15) is 5.82 Å². The van der Waals surface area contributed by atoms with E-state index in [1.807, 2.05) is 17.0 Å². The van der Waals surface area contributed by atoms with Gasteiger partial charge in [0.05, 0.1) is 5.70 Å². The van der Waals surface area contributed by atoms with Crippen LogP contribution in [-0.2, 0) is 11.2 Å². The van der Waals surface area contributed by atoms with E-state index in [0.717, 1.165) is 23.7 Å². The summed E-state index contributed by atoms with van der Waals surface area (Å²) >= 11 is 0. The summed E-state index contributed by atoms with van der Waals surface area (Å²) in [4.78, 5) is 4.24. The molecule has 65 valence electrons. The summed E-state index contributed by atoms with van der Waals surface area (Å²) in [7, 11) is 0. The lowest BCUT2D eigenvalue weighted by Crippen LogP contribution is -2.11. The largest absolute Gasteiger partial charge is 0.471 e. The predicted octanol–water partition coefficient (Wildman–Crippen LogP) is 0.502. The third-order valence-electron chi connectivity index (χ3n) is 2.19. The number of ether oxygens (including phenoxy) is 1. The Balaban J connectivity index is 2.08. The van der Waals surface area contributed by atoms with Gasteiger partial charge >= 0.3 is 0 Å². The maximum absolute atomic E-state index is 5.32. The van der Waals surface area contributed by atoms with Crippen molar-refractivity contribution in [2.24, 2.45) is 0 Å². The number of allylic oxidation sites excluding steroid dienone is 2. The SMILES string of the molecule is [C]1=Cn2ccnc2CC2=C1OCN2.